The summed E-state index contributed by atoms with van der Waals surface area (Å²) in [6, 6.07) is 7.29. The average molecular weight is 398 g/mol. The molecule has 1 aliphatic heterocycles. The highest BCUT2D eigenvalue weighted by atomic mass is 19.1. The highest BCUT2D eigenvalue weighted by Gasteiger charge is 2.37. The third-order valence-electron chi connectivity index (χ3n) is 4.66. The molecule has 29 heavy (non-hydrogen) atoms. The van der Waals surface area contributed by atoms with Crippen molar-refractivity contribution in [1.82, 2.24) is 15.1 Å². The van der Waals surface area contributed by atoms with Gasteiger partial charge in [-0.3, -0.25) is 9.89 Å². The quantitative estimate of drug-likeness (QED) is 0.669. The largest absolute Gasteiger partial charge is 0.496 e. The predicted molar refractivity (Wildman–Crippen MR) is 100 cm³/mol. The summed E-state index contributed by atoms with van der Waals surface area (Å²) in [5, 5.41) is 6.61. The molecule has 2 heterocycles. The standard InChI is InChI=1S/C20H16F2N4O3/c1-29-18-7-15(3-4-16(18)13-8-23-24-9-13)26-19(27)11-25(20(26)28)10-12-6-14(21)2-5-17(12)22/h2-9H,10-11H2,1H3,(H,23,24). The van der Waals surface area contributed by atoms with E-state index in [0.29, 0.717) is 11.4 Å². The van der Waals surface area contributed by atoms with Crippen LogP contribution in [0.1, 0.15) is 5.56 Å². The summed E-state index contributed by atoms with van der Waals surface area (Å²) in [5.74, 6) is -1.27. The first-order chi connectivity index (χ1) is 14.0. The number of rotatable bonds is 5. The topological polar surface area (TPSA) is 78.5 Å². The maximum Gasteiger partial charge on any atom is 0.332 e. The number of aromatic nitrogens is 2. The molecule has 1 N–H and O–H groups in total. The Balaban J connectivity index is 1.61. The van der Waals surface area contributed by atoms with Crippen LogP contribution in [0.25, 0.3) is 11.1 Å². The van der Waals surface area contributed by atoms with E-state index in [4.69, 9.17) is 4.74 Å². The second-order valence-corrected chi connectivity index (χ2v) is 6.48. The van der Waals surface area contributed by atoms with Crippen molar-refractivity contribution in [2.75, 3.05) is 18.6 Å². The molecule has 148 valence electrons. The van der Waals surface area contributed by atoms with Crippen LogP contribution in [0.15, 0.2) is 48.8 Å². The number of hydrogen-bond acceptors (Lipinski definition) is 4. The molecule has 2 aromatic carbocycles. The van der Waals surface area contributed by atoms with Crippen LogP contribution in [-0.2, 0) is 11.3 Å². The van der Waals surface area contributed by atoms with Gasteiger partial charge in [-0.05, 0) is 30.3 Å². The van der Waals surface area contributed by atoms with E-state index in [1.54, 1.807) is 30.6 Å². The van der Waals surface area contributed by atoms with Crippen molar-refractivity contribution in [3.05, 3.63) is 66.0 Å². The first-order valence-corrected chi connectivity index (χ1v) is 8.71. The number of nitrogens with one attached hydrogen (secondary N) is 1. The van der Waals surface area contributed by atoms with Gasteiger partial charge in [0.25, 0.3) is 5.91 Å². The second kappa shape index (κ2) is 7.34. The lowest BCUT2D eigenvalue weighted by Gasteiger charge is -2.18. The summed E-state index contributed by atoms with van der Waals surface area (Å²) in [5.41, 5.74) is 1.85. The summed E-state index contributed by atoms with van der Waals surface area (Å²) in [7, 11) is 1.48. The van der Waals surface area contributed by atoms with E-state index in [1.807, 2.05) is 0 Å². The van der Waals surface area contributed by atoms with Crippen molar-refractivity contribution >= 4 is 17.6 Å². The summed E-state index contributed by atoms with van der Waals surface area (Å²) in [6.45, 7) is -0.449. The van der Waals surface area contributed by atoms with Gasteiger partial charge in [-0.15, -0.1) is 0 Å². The summed E-state index contributed by atoms with van der Waals surface area (Å²) in [4.78, 5) is 27.4. The van der Waals surface area contributed by atoms with E-state index in [2.05, 4.69) is 10.2 Å². The van der Waals surface area contributed by atoms with Crippen molar-refractivity contribution in [2.24, 2.45) is 0 Å². The number of carbonyl (C=O) groups excluding carboxylic acids is 2. The molecule has 1 saturated heterocycles. The molecule has 0 atom stereocenters. The second-order valence-electron chi connectivity index (χ2n) is 6.48. The fourth-order valence-corrected chi connectivity index (χ4v) is 3.25. The number of anilines is 1. The molecule has 7 nitrogen and oxygen atoms in total. The molecule has 3 aromatic rings. The predicted octanol–water partition coefficient (Wildman–Crippen LogP) is 3.33. The molecule has 9 heteroatoms. The van der Waals surface area contributed by atoms with Crippen molar-refractivity contribution < 1.29 is 23.1 Å². The van der Waals surface area contributed by atoms with Crippen LogP contribution < -0.4 is 9.64 Å². The van der Waals surface area contributed by atoms with E-state index in [0.717, 1.165) is 39.1 Å². The van der Waals surface area contributed by atoms with Gasteiger partial charge in [-0.2, -0.15) is 5.10 Å². The number of H-pyrrole nitrogens is 1. The normalized spacial score (nSPS) is 14.0. The van der Waals surface area contributed by atoms with E-state index in [1.165, 1.54) is 7.11 Å². The molecule has 0 unspecified atom stereocenters. The van der Waals surface area contributed by atoms with Crippen LogP contribution >= 0.6 is 0 Å². The Labute approximate surface area is 164 Å². The number of aromatic amines is 1. The monoisotopic (exact) mass is 398 g/mol. The first-order valence-electron chi connectivity index (χ1n) is 8.71. The molecule has 1 aromatic heterocycles. The van der Waals surface area contributed by atoms with Gasteiger partial charge in [0.05, 0.1) is 25.5 Å². The number of urea groups is 1. The summed E-state index contributed by atoms with van der Waals surface area (Å²) in [6.07, 6.45) is 3.32. The van der Waals surface area contributed by atoms with Gasteiger partial charge in [0.15, 0.2) is 0 Å². The summed E-state index contributed by atoms with van der Waals surface area (Å²) >= 11 is 0. The van der Waals surface area contributed by atoms with Gasteiger partial charge in [0, 0.05) is 29.0 Å². The third kappa shape index (κ3) is 3.42. The number of nitrogens with zero attached hydrogens (tertiary/aromatic N) is 3. The number of hydrogen-bond donors (Lipinski definition) is 1. The Morgan fingerprint density at radius 3 is 2.72 bits per heavy atom. The van der Waals surface area contributed by atoms with E-state index < -0.39 is 23.6 Å². The van der Waals surface area contributed by atoms with E-state index in [9.17, 15) is 18.4 Å². The molecule has 0 radical (unpaired) electrons. The van der Waals surface area contributed by atoms with Crippen molar-refractivity contribution in [3.8, 4) is 16.9 Å². The number of imide groups is 1. The number of carbonyl (C=O) groups is 2. The zero-order valence-electron chi connectivity index (χ0n) is 15.4. The molecule has 0 saturated carbocycles. The molecular weight excluding hydrogens is 382 g/mol. The lowest BCUT2D eigenvalue weighted by atomic mass is 10.1. The van der Waals surface area contributed by atoms with Crippen LogP contribution in [0.5, 0.6) is 5.75 Å². The molecule has 3 amide bonds. The minimum Gasteiger partial charge on any atom is -0.496 e. The van der Waals surface area contributed by atoms with Crippen LogP contribution in [0.3, 0.4) is 0 Å². The Morgan fingerprint density at radius 2 is 2.00 bits per heavy atom. The van der Waals surface area contributed by atoms with Gasteiger partial charge >= 0.3 is 6.03 Å². The number of benzene rings is 2. The zero-order valence-corrected chi connectivity index (χ0v) is 15.4. The fraction of sp³-hybridized carbons (Fsp3) is 0.150. The van der Waals surface area contributed by atoms with E-state index in [-0.39, 0.29) is 18.7 Å². The Morgan fingerprint density at radius 1 is 1.17 bits per heavy atom. The average Bonchev–Trinajstić information content (AvgIpc) is 3.33. The number of halogens is 2. The van der Waals surface area contributed by atoms with Crippen molar-refractivity contribution in [3.63, 3.8) is 0 Å². The SMILES string of the molecule is COc1cc(N2C(=O)CN(Cc3cc(F)ccc3F)C2=O)ccc1-c1cn[nH]c1. The van der Waals surface area contributed by atoms with Gasteiger partial charge in [-0.25, -0.2) is 18.5 Å². The van der Waals surface area contributed by atoms with Gasteiger partial charge < -0.3 is 9.64 Å². The minimum absolute atomic E-state index is 0.000821. The van der Waals surface area contributed by atoms with Crippen LogP contribution in [0.4, 0.5) is 19.3 Å². The maximum atomic E-state index is 13.9. The Hall–Kier alpha value is -3.75. The lowest BCUT2D eigenvalue weighted by Crippen LogP contribution is -2.33. The van der Waals surface area contributed by atoms with Crippen molar-refractivity contribution in [1.29, 1.82) is 0 Å². The molecule has 0 aliphatic carbocycles. The van der Waals surface area contributed by atoms with E-state index >= 15 is 0 Å². The molecular formula is C20H16F2N4O3. The molecule has 0 bridgehead atoms. The Bertz CT molecular complexity index is 1090. The molecule has 4 rings (SSSR count). The van der Waals surface area contributed by atoms with Gasteiger partial charge in [-0.1, -0.05) is 0 Å². The smallest absolute Gasteiger partial charge is 0.332 e. The molecule has 1 aliphatic rings. The minimum atomic E-state index is -0.642. The molecule has 0 spiro atoms. The van der Waals surface area contributed by atoms with Gasteiger partial charge in [0.1, 0.15) is 23.9 Å². The fourth-order valence-electron chi connectivity index (χ4n) is 3.25. The summed E-state index contributed by atoms with van der Waals surface area (Å²) < 4.78 is 32.7. The maximum absolute atomic E-state index is 13.9. The Kier molecular flexibility index (Phi) is 4.71. The number of ether oxygens (including phenoxy) is 1. The first kappa shape index (κ1) is 18.6. The zero-order chi connectivity index (χ0) is 20.5. The third-order valence-corrected chi connectivity index (χ3v) is 4.66. The highest BCUT2D eigenvalue weighted by molar-refractivity contribution is 6.19. The molecule has 1 fully saturated rings. The van der Waals surface area contributed by atoms with Crippen LogP contribution in [0, 0.1) is 11.6 Å². The van der Waals surface area contributed by atoms with Crippen molar-refractivity contribution in [2.45, 2.75) is 6.54 Å². The highest BCUT2D eigenvalue weighted by Crippen LogP contribution is 2.34. The lowest BCUT2D eigenvalue weighted by molar-refractivity contribution is -0.116. The van der Waals surface area contributed by atoms with Crippen LogP contribution in [0.2, 0.25) is 0 Å². The number of methoxy groups -OCH3 is 1. The van der Waals surface area contributed by atoms with Crippen LogP contribution in [-0.4, -0.2) is 40.7 Å². The number of amides is 3. The van der Waals surface area contributed by atoms with Gasteiger partial charge in [0.2, 0.25) is 0 Å².